The SMILES string of the molecule is CC(C)c1cc(C(C)C)c(PCCCO)c(C(C)C)c1. The van der Waals surface area contributed by atoms with Gasteiger partial charge in [0, 0.05) is 6.61 Å². The monoisotopic (exact) mass is 294 g/mol. The molecule has 0 aliphatic carbocycles. The Morgan fingerprint density at radius 3 is 1.75 bits per heavy atom. The summed E-state index contributed by atoms with van der Waals surface area (Å²) in [6, 6.07) is 4.84. The Morgan fingerprint density at radius 2 is 1.40 bits per heavy atom. The highest BCUT2D eigenvalue weighted by atomic mass is 31.1. The molecule has 0 aliphatic rings. The smallest absolute Gasteiger partial charge is 0.0434 e. The summed E-state index contributed by atoms with van der Waals surface area (Å²) >= 11 is 0. The van der Waals surface area contributed by atoms with Crippen molar-refractivity contribution in [3.05, 3.63) is 28.8 Å². The molecule has 0 heterocycles. The summed E-state index contributed by atoms with van der Waals surface area (Å²) in [5, 5.41) is 10.6. The van der Waals surface area contributed by atoms with E-state index in [1.54, 1.807) is 5.30 Å². The van der Waals surface area contributed by atoms with Crippen molar-refractivity contribution in [2.45, 2.75) is 65.7 Å². The van der Waals surface area contributed by atoms with Crippen LogP contribution in [0, 0.1) is 0 Å². The van der Waals surface area contributed by atoms with Gasteiger partial charge in [0.2, 0.25) is 0 Å². The van der Waals surface area contributed by atoms with Crippen LogP contribution in [0.4, 0.5) is 0 Å². The molecule has 0 radical (unpaired) electrons. The highest BCUT2D eigenvalue weighted by Gasteiger charge is 2.16. The van der Waals surface area contributed by atoms with Crippen LogP contribution in [0.2, 0.25) is 0 Å². The van der Waals surface area contributed by atoms with Crippen molar-refractivity contribution in [2.75, 3.05) is 12.8 Å². The zero-order chi connectivity index (χ0) is 15.3. The van der Waals surface area contributed by atoms with Crippen molar-refractivity contribution >= 4 is 13.9 Å². The third-order valence-electron chi connectivity index (χ3n) is 3.77. The average Bonchev–Trinajstić information content (AvgIpc) is 2.37. The van der Waals surface area contributed by atoms with Gasteiger partial charge in [0.05, 0.1) is 0 Å². The number of rotatable bonds is 7. The van der Waals surface area contributed by atoms with Crippen LogP contribution in [0.3, 0.4) is 0 Å². The fourth-order valence-corrected chi connectivity index (χ4v) is 4.17. The second-order valence-corrected chi connectivity index (χ2v) is 7.90. The number of hydrogen-bond acceptors (Lipinski definition) is 1. The molecule has 114 valence electrons. The van der Waals surface area contributed by atoms with E-state index in [-0.39, 0.29) is 0 Å². The zero-order valence-electron chi connectivity index (χ0n) is 14.0. The lowest BCUT2D eigenvalue weighted by Crippen LogP contribution is -2.16. The molecule has 1 N–H and O–H groups in total. The summed E-state index contributed by atoms with van der Waals surface area (Å²) < 4.78 is 0. The van der Waals surface area contributed by atoms with Gasteiger partial charge in [-0.2, -0.15) is 0 Å². The van der Waals surface area contributed by atoms with Crippen LogP contribution in [0.5, 0.6) is 0 Å². The summed E-state index contributed by atoms with van der Waals surface area (Å²) in [6.45, 7) is 14.0. The van der Waals surface area contributed by atoms with E-state index in [1.807, 2.05) is 0 Å². The summed E-state index contributed by atoms with van der Waals surface area (Å²) in [4.78, 5) is 0. The average molecular weight is 294 g/mol. The van der Waals surface area contributed by atoms with E-state index < -0.39 is 0 Å². The summed E-state index contributed by atoms with van der Waals surface area (Å²) in [5.41, 5.74) is 4.51. The maximum Gasteiger partial charge on any atom is 0.0434 e. The minimum Gasteiger partial charge on any atom is -0.396 e. The van der Waals surface area contributed by atoms with Crippen LogP contribution in [0.25, 0.3) is 0 Å². The molecule has 0 spiro atoms. The molecule has 0 fully saturated rings. The van der Waals surface area contributed by atoms with Gasteiger partial charge in [0.1, 0.15) is 0 Å². The van der Waals surface area contributed by atoms with Gasteiger partial charge in [-0.15, -0.1) is 0 Å². The predicted octanol–water partition coefficient (Wildman–Crippen LogP) is 4.74. The second kappa shape index (κ2) is 8.15. The Balaban J connectivity index is 3.27. The molecule has 0 saturated heterocycles. The van der Waals surface area contributed by atoms with Crippen LogP contribution in [0.1, 0.15) is 82.4 Å². The van der Waals surface area contributed by atoms with Crippen LogP contribution >= 0.6 is 8.58 Å². The molecule has 1 nitrogen and oxygen atoms in total. The van der Waals surface area contributed by atoms with Crippen molar-refractivity contribution in [3.8, 4) is 0 Å². The molecule has 0 saturated carbocycles. The third-order valence-corrected chi connectivity index (χ3v) is 5.30. The summed E-state index contributed by atoms with van der Waals surface area (Å²) in [5.74, 6) is 1.73. The van der Waals surface area contributed by atoms with E-state index in [1.165, 1.54) is 16.7 Å². The van der Waals surface area contributed by atoms with E-state index in [9.17, 15) is 0 Å². The van der Waals surface area contributed by atoms with Crippen LogP contribution in [-0.4, -0.2) is 17.9 Å². The fourth-order valence-electron chi connectivity index (χ4n) is 2.45. The zero-order valence-corrected chi connectivity index (χ0v) is 15.0. The molecule has 1 unspecified atom stereocenters. The van der Waals surface area contributed by atoms with Crippen molar-refractivity contribution in [1.82, 2.24) is 0 Å². The minimum absolute atomic E-state index is 0.311. The first kappa shape index (κ1) is 17.7. The first-order valence-corrected chi connectivity index (χ1v) is 9.11. The Kier molecular flexibility index (Phi) is 7.20. The Hall–Kier alpha value is -0.390. The highest BCUT2D eigenvalue weighted by Crippen LogP contribution is 2.31. The van der Waals surface area contributed by atoms with E-state index >= 15 is 0 Å². The maximum atomic E-state index is 9.02. The lowest BCUT2D eigenvalue weighted by Gasteiger charge is -2.23. The molecule has 1 aromatic carbocycles. The topological polar surface area (TPSA) is 20.2 Å². The normalized spacial score (nSPS) is 12.5. The molecule has 1 atom stereocenters. The fraction of sp³-hybridized carbons (Fsp3) is 0.667. The van der Waals surface area contributed by atoms with Crippen LogP contribution < -0.4 is 5.30 Å². The third kappa shape index (κ3) is 4.57. The van der Waals surface area contributed by atoms with Crippen LogP contribution in [0.15, 0.2) is 12.1 Å². The van der Waals surface area contributed by atoms with Gasteiger partial charge in [0.15, 0.2) is 0 Å². The second-order valence-electron chi connectivity index (χ2n) is 6.54. The molecular formula is C18H31OP. The van der Waals surface area contributed by atoms with Gasteiger partial charge in [-0.25, -0.2) is 0 Å². The van der Waals surface area contributed by atoms with E-state index in [0.717, 1.165) is 21.2 Å². The molecule has 1 rings (SSSR count). The van der Waals surface area contributed by atoms with Gasteiger partial charge >= 0.3 is 0 Å². The number of aliphatic hydroxyl groups excluding tert-OH is 1. The Labute approximate surface area is 127 Å². The lowest BCUT2D eigenvalue weighted by atomic mass is 9.89. The largest absolute Gasteiger partial charge is 0.396 e. The molecule has 0 bridgehead atoms. The quantitative estimate of drug-likeness (QED) is 0.568. The maximum absolute atomic E-state index is 9.02. The van der Waals surface area contributed by atoms with Gasteiger partial charge in [-0.05, 0) is 52.3 Å². The summed E-state index contributed by atoms with van der Waals surface area (Å²) in [7, 11) is 0.824. The first-order chi connectivity index (χ1) is 9.38. The Bertz CT molecular complexity index is 392. The number of aliphatic hydroxyl groups is 1. The molecule has 0 amide bonds. The van der Waals surface area contributed by atoms with Crippen molar-refractivity contribution in [3.63, 3.8) is 0 Å². The molecule has 1 aromatic rings. The molecule has 20 heavy (non-hydrogen) atoms. The standard InChI is InChI=1S/C18H31OP/c1-12(2)15-10-16(13(3)4)18(20-9-7-8-19)17(11-15)14(5)6/h10-14,19-20H,7-9H2,1-6H3. The molecular weight excluding hydrogens is 263 g/mol. The van der Waals surface area contributed by atoms with Crippen LogP contribution in [-0.2, 0) is 0 Å². The van der Waals surface area contributed by atoms with E-state index in [2.05, 4.69) is 53.7 Å². The van der Waals surface area contributed by atoms with Gasteiger partial charge in [-0.1, -0.05) is 62.3 Å². The predicted molar refractivity (Wildman–Crippen MR) is 93.2 cm³/mol. The molecule has 2 heteroatoms. The highest BCUT2D eigenvalue weighted by molar-refractivity contribution is 7.47. The van der Waals surface area contributed by atoms with Crippen molar-refractivity contribution < 1.29 is 5.11 Å². The minimum atomic E-state index is 0.311. The number of benzene rings is 1. The van der Waals surface area contributed by atoms with Crippen molar-refractivity contribution in [2.24, 2.45) is 0 Å². The first-order valence-electron chi connectivity index (χ1n) is 7.90. The van der Waals surface area contributed by atoms with Gasteiger partial charge < -0.3 is 5.11 Å². The number of hydrogen-bond donors (Lipinski definition) is 1. The van der Waals surface area contributed by atoms with E-state index in [0.29, 0.717) is 24.4 Å². The van der Waals surface area contributed by atoms with Crippen molar-refractivity contribution in [1.29, 1.82) is 0 Å². The lowest BCUT2D eigenvalue weighted by molar-refractivity contribution is 0.296. The van der Waals surface area contributed by atoms with E-state index in [4.69, 9.17) is 5.11 Å². The molecule has 0 aromatic heterocycles. The van der Waals surface area contributed by atoms with Gasteiger partial charge in [-0.3, -0.25) is 0 Å². The summed E-state index contributed by atoms with van der Waals surface area (Å²) in [6.07, 6.45) is 2.02. The van der Waals surface area contributed by atoms with Gasteiger partial charge in [0.25, 0.3) is 0 Å². The Morgan fingerprint density at radius 1 is 0.900 bits per heavy atom. The molecule has 0 aliphatic heterocycles.